The summed E-state index contributed by atoms with van der Waals surface area (Å²) in [5.74, 6) is 0. The van der Waals surface area contributed by atoms with Crippen molar-refractivity contribution in [2.45, 2.75) is 32.3 Å². The number of hydrogen-bond donors (Lipinski definition) is 2. The molecule has 1 saturated carbocycles. The van der Waals surface area contributed by atoms with Crippen LogP contribution in [0.5, 0.6) is 0 Å². The molecular formula is C6H9Cl6FKO3P. The van der Waals surface area contributed by atoms with Crippen LogP contribution in [0.3, 0.4) is 0 Å². The second-order valence-corrected chi connectivity index (χ2v) is 7.11. The van der Waals surface area contributed by atoms with E-state index in [1.165, 1.54) is 0 Å². The third-order valence-electron chi connectivity index (χ3n) is 1.83. The first-order valence-corrected chi connectivity index (χ1v) is 8.18. The first kappa shape index (κ1) is 23.7. The fourth-order valence-corrected chi connectivity index (χ4v) is 3.38. The van der Waals surface area contributed by atoms with Crippen molar-refractivity contribution in [3.05, 3.63) is 0 Å². The molecule has 3 nitrogen and oxygen atoms in total. The van der Waals surface area contributed by atoms with E-state index in [-0.39, 0.29) is 51.4 Å². The average molecular weight is 431 g/mol. The van der Waals surface area contributed by atoms with Crippen molar-refractivity contribution in [3.8, 4) is 0 Å². The first-order valence-electron chi connectivity index (χ1n) is 4.06. The number of alkyl halides is 6. The Hall–Kier alpha value is 3.46. The molecule has 0 atom stereocenters. The number of halogens is 7. The van der Waals surface area contributed by atoms with E-state index in [0.29, 0.717) is 0 Å². The van der Waals surface area contributed by atoms with Crippen LogP contribution in [-0.4, -0.2) is 93.4 Å². The zero-order valence-electron chi connectivity index (χ0n) is 7.86. The van der Waals surface area contributed by atoms with Gasteiger partial charge in [0.15, 0.2) is 0 Å². The molecule has 1 rings (SSSR count). The number of hydrogen-bond acceptors (Lipinski definition) is 1. The van der Waals surface area contributed by atoms with Gasteiger partial charge in [-0.3, -0.25) is 9.79 Å². The van der Waals surface area contributed by atoms with Crippen molar-refractivity contribution in [2.75, 3.05) is 0 Å². The summed E-state index contributed by atoms with van der Waals surface area (Å²) in [6.07, 6.45) is 0. The normalized spacial score (nSPS) is 40.3. The summed E-state index contributed by atoms with van der Waals surface area (Å²) in [6.45, 7) is 0. The third-order valence-corrected chi connectivity index (χ3v) is 5.86. The van der Waals surface area contributed by atoms with Gasteiger partial charge in [-0.25, -0.2) is 4.57 Å². The predicted molar refractivity (Wildman–Crippen MR) is 78.1 cm³/mol. The summed E-state index contributed by atoms with van der Waals surface area (Å²) in [7, 11) is -5.14. The third kappa shape index (κ3) is 8.79. The SMILES string of the molecule is Cl[C@H]1[C@H](Cl)[C@@H](Cl)[C@@H](Cl)[C@H](Cl)[C@H]1Cl.O=P(O)(O)F.[KH]. The van der Waals surface area contributed by atoms with Gasteiger partial charge in [-0.15, -0.1) is 73.8 Å². The maximum atomic E-state index is 10.4. The van der Waals surface area contributed by atoms with Crippen LogP contribution in [0.25, 0.3) is 0 Å². The van der Waals surface area contributed by atoms with E-state index in [2.05, 4.69) is 0 Å². The van der Waals surface area contributed by atoms with Gasteiger partial charge >= 0.3 is 59.3 Å². The summed E-state index contributed by atoms with van der Waals surface area (Å²) in [5.41, 5.74) is 0. The molecule has 0 aromatic carbocycles. The molecular weight excluding hydrogens is 422 g/mol. The second-order valence-electron chi connectivity index (χ2n) is 3.14. The van der Waals surface area contributed by atoms with Crippen LogP contribution in [0.1, 0.15) is 0 Å². The molecule has 0 radical (unpaired) electrons. The van der Waals surface area contributed by atoms with Gasteiger partial charge in [0.25, 0.3) is 0 Å². The van der Waals surface area contributed by atoms with E-state index in [0.717, 1.165) is 0 Å². The van der Waals surface area contributed by atoms with Gasteiger partial charge in [0, 0.05) is 0 Å². The zero-order chi connectivity index (χ0) is 14.0. The topological polar surface area (TPSA) is 57.5 Å². The summed E-state index contributed by atoms with van der Waals surface area (Å²) in [4.78, 5) is 13.9. The van der Waals surface area contributed by atoms with E-state index >= 15 is 0 Å². The van der Waals surface area contributed by atoms with Crippen LogP contribution in [0, 0.1) is 0 Å². The molecule has 0 heterocycles. The molecule has 106 valence electrons. The van der Waals surface area contributed by atoms with Crippen LogP contribution in [0.15, 0.2) is 0 Å². The molecule has 0 aromatic heterocycles. The van der Waals surface area contributed by atoms with Crippen LogP contribution < -0.4 is 0 Å². The Labute approximate surface area is 177 Å². The Kier molecular flexibility index (Phi) is 13.5. The van der Waals surface area contributed by atoms with Gasteiger partial charge in [0.05, 0.1) is 32.3 Å². The quantitative estimate of drug-likeness (QED) is 0.353. The molecule has 1 aliphatic carbocycles. The molecule has 2 N–H and O–H groups in total. The van der Waals surface area contributed by atoms with Gasteiger partial charge in [0.1, 0.15) is 0 Å². The van der Waals surface area contributed by atoms with Crippen LogP contribution in [0.2, 0.25) is 0 Å². The van der Waals surface area contributed by atoms with E-state index in [1.807, 2.05) is 0 Å². The predicted octanol–water partition coefficient (Wildman–Crippen LogP) is 3.04. The zero-order valence-corrected chi connectivity index (χ0v) is 13.3. The summed E-state index contributed by atoms with van der Waals surface area (Å²) in [5, 5.41) is -2.62. The summed E-state index contributed by atoms with van der Waals surface area (Å²) in [6, 6.07) is 0. The molecule has 0 saturated heterocycles. The molecule has 0 bridgehead atoms. The Bertz CT molecular complexity index is 230. The molecule has 0 aliphatic heterocycles. The Balaban J connectivity index is 0. The standard InChI is InChI=1S/C6H6Cl6.FH2O3P.K.H/c7-1-2(8)4(10)6(12)5(11)3(1)9;1-5(2,3)4;;/h1-6H;(H2,2,3,4);;/t1-,2-,3-,4+,5+,6+;;;. The molecule has 0 amide bonds. The van der Waals surface area contributed by atoms with Gasteiger partial charge < -0.3 is 0 Å². The van der Waals surface area contributed by atoms with Crippen molar-refractivity contribution in [1.29, 1.82) is 0 Å². The molecule has 0 aromatic rings. The minimum absolute atomic E-state index is 0. The van der Waals surface area contributed by atoms with Crippen molar-refractivity contribution < 1.29 is 18.5 Å². The second kappa shape index (κ2) is 10.3. The Morgan fingerprint density at radius 2 is 0.778 bits per heavy atom. The van der Waals surface area contributed by atoms with Crippen LogP contribution in [0.4, 0.5) is 4.20 Å². The minimum atomic E-state index is -5.14. The molecule has 0 spiro atoms. The molecule has 12 heteroatoms. The fraction of sp³-hybridized carbons (Fsp3) is 1.00. The van der Waals surface area contributed by atoms with Crippen molar-refractivity contribution in [2.24, 2.45) is 0 Å². The molecule has 1 fully saturated rings. The molecule has 0 unspecified atom stereocenters. The fourth-order valence-electron chi connectivity index (χ4n) is 1.05. The Morgan fingerprint density at radius 1 is 0.722 bits per heavy atom. The summed E-state index contributed by atoms with van der Waals surface area (Å²) >= 11 is 35.3. The van der Waals surface area contributed by atoms with E-state index in [1.54, 1.807) is 0 Å². The summed E-state index contributed by atoms with van der Waals surface area (Å²) < 4.78 is 19.0. The van der Waals surface area contributed by atoms with E-state index in [4.69, 9.17) is 84.0 Å². The van der Waals surface area contributed by atoms with Gasteiger partial charge in [-0.05, 0) is 0 Å². The number of rotatable bonds is 0. The molecule has 1 aliphatic rings. The van der Waals surface area contributed by atoms with Crippen molar-refractivity contribution in [1.82, 2.24) is 0 Å². The van der Waals surface area contributed by atoms with Crippen LogP contribution >= 0.6 is 77.5 Å². The van der Waals surface area contributed by atoms with Crippen molar-refractivity contribution >= 4 is 129 Å². The maximum absolute atomic E-state index is 10.4. The van der Waals surface area contributed by atoms with Crippen molar-refractivity contribution in [3.63, 3.8) is 0 Å². The first-order chi connectivity index (χ1) is 7.46. The van der Waals surface area contributed by atoms with E-state index in [9.17, 15) is 4.20 Å². The average Bonchev–Trinajstić information content (AvgIpc) is 2.18. The van der Waals surface area contributed by atoms with E-state index < -0.39 is 40.2 Å². The monoisotopic (exact) mass is 428 g/mol. The van der Waals surface area contributed by atoms with Crippen LogP contribution in [-0.2, 0) is 4.57 Å². The van der Waals surface area contributed by atoms with Gasteiger partial charge in [-0.2, -0.15) is 0 Å². The molecule has 18 heavy (non-hydrogen) atoms. The van der Waals surface area contributed by atoms with Gasteiger partial charge in [-0.1, -0.05) is 0 Å². The Morgan fingerprint density at radius 3 is 0.833 bits per heavy atom. The van der Waals surface area contributed by atoms with Gasteiger partial charge in [0.2, 0.25) is 0 Å².